The zero-order valence-electron chi connectivity index (χ0n) is 7.07. The number of hydrogen-bond acceptors (Lipinski definition) is 3. The minimum atomic E-state index is -0.866. The molecule has 0 aromatic heterocycles. The largest absolute Gasteiger partial charge is 0.323 e. The van der Waals surface area contributed by atoms with Gasteiger partial charge in [0.05, 0.1) is 0 Å². The van der Waals surface area contributed by atoms with Gasteiger partial charge in [-0.3, -0.25) is 4.79 Å². The average Bonchev–Trinajstić information content (AvgIpc) is 2.40. The number of nitrogens with zero attached hydrogens (tertiary/aromatic N) is 1. The first kappa shape index (κ1) is 7.91. The van der Waals surface area contributed by atoms with Gasteiger partial charge in [0, 0.05) is 11.3 Å². The smallest absolute Gasteiger partial charge is 0.257 e. The number of carbonyl (C=O) groups excluding carboxylic acids is 1. The quantitative estimate of drug-likeness (QED) is 0.662. The molecule has 1 aromatic rings. The van der Waals surface area contributed by atoms with Crippen LogP contribution in [0.25, 0.3) is 0 Å². The van der Waals surface area contributed by atoms with Gasteiger partial charge in [0.2, 0.25) is 0 Å². The Labute approximate surface area is 74.9 Å². The van der Waals surface area contributed by atoms with Crippen molar-refractivity contribution in [3.05, 3.63) is 34.2 Å². The van der Waals surface area contributed by atoms with Crippen LogP contribution in [-0.4, -0.2) is 5.91 Å². The molecule has 1 heterocycles. The van der Waals surface area contributed by atoms with Gasteiger partial charge in [0.25, 0.3) is 5.91 Å². The molecule has 0 spiro atoms. The number of rotatable bonds is 1. The van der Waals surface area contributed by atoms with Crippen molar-refractivity contribution in [3.63, 3.8) is 0 Å². The standard InChI is InChI=1S/C9H8N2O2/c1-5-2-3-7-6(4-5)8(11-13)9(12)10-7/h2-4,8H,1H3,(H,10,12). The molecule has 1 N–H and O–H groups in total. The highest BCUT2D eigenvalue weighted by molar-refractivity contribution is 6.02. The first-order valence-electron chi connectivity index (χ1n) is 3.96. The number of nitrogens with one attached hydrogen (secondary N) is 1. The summed E-state index contributed by atoms with van der Waals surface area (Å²) in [5.74, 6) is -0.337. The van der Waals surface area contributed by atoms with Crippen LogP contribution < -0.4 is 5.32 Å². The Morgan fingerprint density at radius 3 is 2.92 bits per heavy atom. The second-order valence-electron chi connectivity index (χ2n) is 3.09. The van der Waals surface area contributed by atoms with Crippen molar-refractivity contribution in [2.24, 2.45) is 5.18 Å². The molecule has 0 bridgehead atoms. The van der Waals surface area contributed by atoms with E-state index in [1.807, 2.05) is 13.0 Å². The summed E-state index contributed by atoms with van der Waals surface area (Å²) in [6.45, 7) is 1.91. The molecule has 13 heavy (non-hydrogen) atoms. The molecule has 1 aliphatic rings. The van der Waals surface area contributed by atoms with Crippen LogP contribution in [0.5, 0.6) is 0 Å². The summed E-state index contributed by atoms with van der Waals surface area (Å²) in [5, 5.41) is 5.38. The lowest BCUT2D eigenvalue weighted by atomic mass is 10.1. The van der Waals surface area contributed by atoms with Crippen LogP contribution in [0.1, 0.15) is 17.2 Å². The van der Waals surface area contributed by atoms with E-state index in [0.29, 0.717) is 11.3 Å². The lowest BCUT2D eigenvalue weighted by Gasteiger charge is -1.99. The highest BCUT2D eigenvalue weighted by atomic mass is 16.3. The normalized spacial score (nSPS) is 19.5. The van der Waals surface area contributed by atoms with Gasteiger partial charge in [-0.2, -0.15) is 0 Å². The number of carbonyl (C=O) groups is 1. The fraction of sp³-hybridized carbons (Fsp3) is 0.222. The van der Waals surface area contributed by atoms with Gasteiger partial charge >= 0.3 is 0 Å². The van der Waals surface area contributed by atoms with Gasteiger partial charge in [-0.25, -0.2) is 0 Å². The molecule has 2 rings (SSSR count). The molecule has 1 unspecified atom stereocenters. The SMILES string of the molecule is Cc1ccc2c(c1)C(N=O)C(=O)N2. The minimum Gasteiger partial charge on any atom is -0.323 e. The van der Waals surface area contributed by atoms with E-state index in [1.54, 1.807) is 12.1 Å². The topological polar surface area (TPSA) is 58.5 Å². The Bertz CT molecular complexity index is 387. The number of fused-ring (bicyclic) bond motifs is 1. The van der Waals surface area contributed by atoms with Crippen LogP contribution >= 0.6 is 0 Å². The second kappa shape index (κ2) is 2.65. The molecule has 1 aromatic carbocycles. The van der Waals surface area contributed by atoms with E-state index in [1.165, 1.54) is 0 Å². The minimum absolute atomic E-state index is 0.337. The average molecular weight is 176 g/mol. The zero-order valence-corrected chi connectivity index (χ0v) is 7.07. The Kier molecular flexibility index (Phi) is 1.62. The molecule has 1 amide bonds. The number of nitroso groups, excluding NO2 is 1. The first-order valence-corrected chi connectivity index (χ1v) is 3.96. The number of benzene rings is 1. The third-order valence-electron chi connectivity index (χ3n) is 2.11. The van der Waals surface area contributed by atoms with Crippen molar-refractivity contribution < 1.29 is 4.79 Å². The predicted octanol–water partition coefficient (Wildman–Crippen LogP) is 1.75. The van der Waals surface area contributed by atoms with Crippen molar-refractivity contribution in [2.75, 3.05) is 5.32 Å². The fourth-order valence-electron chi connectivity index (χ4n) is 1.47. The summed E-state index contributed by atoms with van der Waals surface area (Å²) in [6, 6.07) is 4.61. The van der Waals surface area contributed by atoms with Crippen LogP contribution in [0.2, 0.25) is 0 Å². The van der Waals surface area contributed by atoms with Crippen molar-refractivity contribution in [1.29, 1.82) is 0 Å². The molecule has 0 aliphatic carbocycles. The van der Waals surface area contributed by atoms with Crippen LogP contribution in [0.3, 0.4) is 0 Å². The van der Waals surface area contributed by atoms with Crippen LogP contribution in [0.4, 0.5) is 5.69 Å². The molecule has 66 valence electrons. The van der Waals surface area contributed by atoms with Crippen molar-refractivity contribution >= 4 is 11.6 Å². The molecular formula is C9H8N2O2. The molecule has 1 aliphatic heterocycles. The monoisotopic (exact) mass is 176 g/mol. The fourth-order valence-corrected chi connectivity index (χ4v) is 1.47. The molecule has 1 atom stereocenters. The van der Waals surface area contributed by atoms with Crippen molar-refractivity contribution in [1.82, 2.24) is 0 Å². The van der Waals surface area contributed by atoms with Gasteiger partial charge in [0.15, 0.2) is 6.04 Å². The lowest BCUT2D eigenvalue weighted by Crippen LogP contribution is -2.09. The first-order chi connectivity index (χ1) is 6.22. The number of anilines is 1. The predicted molar refractivity (Wildman–Crippen MR) is 48.3 cm³/mol. The highest BCUT2D eigenvalue weighted by Gasteiger charge is 2.31. The van der Waals surface area contributed by atoms with Crippen molar-refractivity contribution in [3.8, 4) is 0 Å². The van der Waals surface area contributed by atoms with Gasteiger partial charge < -0.3 is 5.32 Å². The molecule has 0 saturated carbocycles. The van der Waals surface area contributed by atoms with E-state index in [-0.39, 0.29) is 5.91 Å². The maximum Gasteiger partial charge on any atom is 0.257 e. The van der Waals surface area contributed by atoms with E-state index >= 15 is 0 Å². The van der Waals surface area contributed by atoms with E-state index in [2.05, 4.69) is 10.5 Å². The van der Waals surface area contributed by atoms with E-state index in [9.17, 15) is 9.70 Å². The van der Waals surface area contributed by atoms with Gasteiger partial charge in [-0.1, -0.05) is 22.9 Å². The third-order valence-corrected chi connectivity index (χ3v) is 2.11. The van der Waals surface area contributed by atoms with E-state index in [4.69, 9.17) is 0 Å². The number of amides is 1. The molecule has 0 saturated heterocycles. The summed E-state index contributed by atoms with van der Waals surface area (Å²) in [7, 11) is 0. The molecule has 4 nitrogen and oxygen atoms in total. The van der Waals surface area contributed by atoms with Crippen LogP contribution in [0, 0.1) is 11.8 Å². The molecule has 4 heteroatoms. The number of aryl methyl sites for hydroxylation is 1. The van der Waals surface area contributed by atoms with E-state index in [0.717, 1.165) is 5.56 Å². The van der Waals surface area contributed by atoms with Gasteiger partial charge in [0.1, 0.15) is 0 Å². The highest BCUT2D eigenvalue weighted by Crippen LogP contribution is 2.33. The third kappa shape index (κ3) is 1.11. The summed E-state index contributed by atoms with van der Waals surface area (Å²) in [4.78, 5) is 21.5. The van der Waals surface area contributed by atoms with Crippen LogP contribution in [0.15, 0.2) is 23.4 Å². The maximum absolute atomic E-state index is 11.2. The zero-order chi connectivity index (χ0) is 9.42. The Balaban J connectivity index is 2.55. The van der Waals surface area contributed by atoms with Crippen LogP contribution in [-0.2, 0) is 4.79 Å². The Morgan fingerprint density at radius 1 is 1.46 bits per heavy atom. The Hall–Kier alpha value is -1.71. The van der Waals surface area contributed by atoms with E-state index < -0.39 is 6.04 Å². The number of hydrogen-bond donors (Lipinski definition) is 1. The van der Waals surface area contributed by atoms with Gasteiger partial charge in [-0.05, 0) is 13.0 Å². The van der Waals surface area contributed by atoms with Gasteiger partial charge in [-0.15, -0.1) is 4.91 Å². The lowest BCUT2D eigenvalue weighted by molar-refractivity contribution is -0.116. The summed E-state index contributed by atoms with van der Waals surface area (Å²) in [6.07, 6.45) is 0. The second-order valence-corrected chi connectivity index (χ2v) is 3.09. The molecular weight excluding hydrogens is 168 g/mol. The summed E-state index contributed by atoms with van der Waals surface area (Å²) < 4.78 is 0. The molecule has 0 fully saturated rings. The maximum atomic E-state index is 11.2. The molecule has 0 radical (unpaired) electrons. The Morgan fingerprint density at radius 2 is 2.23 bits per heavy atom. The van der Waals surface area contributed by atoms with Crippen molar-refractivity contribution in [2.45, 2.75) is 13.0 Å². The summed E-state index contributed by atoms with van der Waals surface area (Å²) in [5.41, 5.74) is 2.39. The summed E-state index contributed by atoms with van der Waals surface area (Å²) >= 11 is 0.